The number of hydrogen-bond acceptors (Lipinski definition) is 3. The molecule has 2 atom stereocenters. The summed E-state index contributed by atoms with van der Waals surface area (Å²) in [5.41, 5.74) is 0.931. The molecule has 114 valence electrons. The second-order valence-electron chi connectivity index (χ2n) is 5.25. The van der Waals surface area contributed by atoms with E-state index in [4.69, 9.17) is 9.84 Å². The van der Waals surface area contributed by atoms with Crippen LogP contribution in [0.5, 0.6) is 0 Å². The Morgan fingerprint density at radius 2 is 2.05 bits per heavy atom. The monoisotopic (exact) mass is 284 g/mol. The summed E-state index contributed by atoms with van der Waals surface area (Å²) in [4.78, 5) is 22.8. The third-order valence-corrected chi connectivity index (χ3v) is 3.28. The van der Waals surface area contributed by atoms with Gasteiger partial charge in [-0.15, -0.1) is 0 Å². The first-order valence-electron chi connectivity index (χ1n) is 7.00. The summed E-state index contributed by atoms with van der Waals surface area (Å²) >= 11 is 0. The lowest BCUT2D eigenvalue weighted by atomic mass is 9.84. The summed E-state index contributed by atoms with van der Waals surface area (Å²) in [6.07, 6.45) is 3.21. The zero-order valence-electron chi connectivity index (χ0n) is 12.0. The van der Waals surface area contributed by atoms with Crippen molar-refractivity contribution < 1.29 is 19.4 Å². The van der Waals surface area contributed by atoms with Crippen molar-refractivity contribution >= 4 is 12.0 Å². The van der Waals surface area contributed by atoms with Gasteiger partial charge < -0.3 is 20.5 Å². The molecule has 2 amide bonds. The van der Waals surface area contributed by atoms with Gasteiger partial charge in [-0.25, -0.2) is 4.79 Å². The average Bonchev–Trinajstić information content (AvgIpc) is 2.38. The zero-order chi connectivity index (χ0) is 15.0. The fraction of sp³-hybridized carbons (Fsp3) is 0.714. The van der Waals surface area contributed by atoms with Crippen LogP contribution >= 0.6 is 0 Å². The maximum absolute atomic E-state index is 11.7. The molecule has 0 aromatic rings. The molecule has 1 fully saturated rings. The lowest BCUT2D eigenvalue weighted by molar-refractivity contribution is -0.143. The van der Waals surface area contributed by atoms with E-state index >= 15 is 0 Å². The number of carboxylic acid groups (broad SMARTS) is 1. The molecule has 0 heterocycles. The fourth-order valence-electron chi connectivity index (χ4n) is 2.30. The molecule has 0 saturated heterocycles. The molecule has 1 rings (SSSR count). The van der Waals surface area contributed by atoms with Gasteiger partial charge in [0.2, 0.25) is 0 Å². The van der Waals surface area contributed by atoms with Crippen LogP contribution in [0.15, 0.2) is 12.2 Å². The van der Waals surface area contributed by atoms with Gasteiger partial charge in [-0.3, -0.25) is 4.79 Å². The number of rotatable bonds is 7. The summed E-state index contributed by atoms with van der Waals surface area (Å²) in [6.45, 7) is 6.86. The quantitative estimate of drug-likeness (QED) is 0.488. The number of amides is 2. The van der Waals surface area contributed by atoms with Crippen LogP contribution in [-0.2, 0) is 9.53 Å². The van der Waals surface area contributed by atoms with Crippen LogP contribution in [0.3, 0.4) is 0 Å². The van der Waals surface area contributed by atoms with Gasteiger partial charge in [0, 0.05) is 12.6 Å². The molecule has 0 spiro atoms. The Hall–Kier alpha value is -1.56. The van der Waals surface area contributed by atoms with Crippen LogP contribution in [0.2, 0.25) is 0 Å². The smallest absolute Gasteiger partial charge is 0.315 e. The first-order chi connectivity index (χ1) is 9.50. The standard InChI is InChI=1S/C14H24N2O4/c1-10(2)9-20-8-7-15-14(19)16-12-6-4-3-5-11(12)13(17)18/h11-12H,1,3-9H2,2H3,(H,17,18)(H2,15,16,19). The average molecular weight is 284 g/mol. The first-order valence-corrected chi connectivity index (χ1v) is 7.00. The second kappa shape index (κ2) is 8.58. The molecular formula is C14H24N2O4. The van der Waals surface area contributed by atoms with Crippen LogP contribution in [0, 0.1) is 5.92 Å². The van der Waals surface area contributed by atoms with E-state index < -0.39 is 11.9 Å². The maximum atomic E-state index is 11.7. The summed E-state index contributed by atoms with van der Waals surface area (Å²) in [5.74, 6) is -1.31. The van der Waals surface area contributed by atoms with E-state index in [1.807, 2.05) is 6.92 Å². The van der Waals surface area contributed by atoms with Gasteiger partial charge in [0.25, 0.3) is 0 Å². The number of carbonyl (C=O) groups excluding carboxylic acids is 1. The number of ether oxygens (including phenoxy) is 1. The van der Waals surface area contributed by atoms with Crippen molar-refractivity contribution in [3.8, 4) is 0 Å². The molecule has 3 N–H and O–H groups in total. The Kier molecular flexibility index (Phi) is 7.08. The van der Waals surface area contributed by atoms with Gasteiger partial charge in [0.05, 0.1) is 19.1 Å². The van der Waals surface area contributed by atoms with Crippen molar-refractivity contribution in [1.29, 1.82) is 0 Å². The molecule has 0 radical (unpaired) electrons. The topological polar surface area (TPSA) is 87.7 Å². The predicted molar refractivity (Wildman–Crippen MR) is 75.5 cm³/mol. The summed E-state index contributed by atoms with van der Waals surface area (Å²) < 4.78 is 5.26. The van der Waals surface area contributed by atoms with Crippen LogP contribution in [0.4, 0.5) is 4.79 Å². The molecule has 0 aromatic heterocycles. The zero-order valence-corrected chi connectivity index (χ0v) is 12.0. The lowest BCUT2D eigenvalue weighted by Crippen LogP contribution is -2.49. The Morgan fingerprint density at radius 1 is 1.35 bits per heavy atom. The Balaban J connectivity index is 2.23. The normalized spacial score (nSPS) is 22.1. The second-order valence-corrected chi connectivity index (χ2v) is 5.25. The summed E-state index contributed by atoms with van der Waals surface area (Å²) in [6, 6.07) is -0.611. The van der Waals surface area contributed by atoms with E-state index in [-0.39, 0.29) is 12.1 Å². The van der Waals surface area contributed by atoms with Crippen molar-refractivity contribution in [1.82, 2.24) is 10.6 Å². The molecule has 6 nitrogen and oxygen atoms in total. The van der Waals surface area contributed by atoms with Crippen molar-refractivity contribution in [3.05, 3.63) is 12.2 Å². The van der Waals surface area contributed by atoms with Gasteiger partial charge in [0.15, 0.2) is 0 Å². The van der Waals surface area contributed by atoms with Gasteiger partial charge in [-0.1, -0.05) is 25.0 Å². The number of carboxylic acids is 1. The van der Waals surface area contributed by atoms with Crippen molar-refractivity contribution in [3.63, 3.8) is 0 Å². The number of hydrogen-bond donors (Lipinski definition) is 3. The molecule has 1 aliphatic carbocycles. The highest BCUT2D eigenvalue weighted by molar-refractivity contribution is 5.76. The number of nitrogens with one attached hydrogen (secondary N) is 2. The highest BCUT2D eigenvalue weighted by Gasteiger charge is 2.31. The first kappa shape index (κ1) is 16.5. The number of aliphatic carboxylic acids is 1. The minimum Gasteiger partial charge on any atom is -0.481 e. The highest BCUT2D eigenvalue weighted by Crippen LogP contribution is 2.24. The van der Waals surface area contributed by atoms with Crippen molar-refractivity contribution in [2.75, 3.05) is 19.8 Å². The predicted octanol–water partition coefficient (Wildman–Crippen LogP) is 1.52. The summed E-state index contributed by atoms with van der Waals surface area (Å²) in [7, 11) is 0. The van der Waals surface area contributed by atoms with E-state index in [1.165, 1.54) is 0 Å². The Bertz CT molecular complexity index is 357. The lowest BCUT2D eigenvalue weighted by Gasteiger charge is -2.29. The van der Waals surface area contributed by atoms with Crippen molar-refractivity contribution in [2.45, 2.75) is 38.6 Å². The van der Waals surface area contributed by atoms with Gasteiger partial charge in [0.1, 0.15) is 0 Å². The van der Waals surface area contributed by atoms with Crippen LogP contribution in [0.25, 0.3) is 0 Å². The largest absolute Gasteiger partial charge is 0.481 e. The molecule has 0 aliphatic heterocycles. The molecule has 1 aliphatic rings. The van der Waals surface area contributed by atoms with E-state index in [0.717, 1.165) is 24.8 Å². The SMILES string of the molecule is C=C(C)COCCNC(=O)NC1CCCCC1C(=O)O. The minimum absolute atomic E-state index is 0.280. The van der Waals surface area contributed by atoms with E-state index in [0.29, 0.717) is 26.2 Å². The van der Waals surface area contributed by atoms with Crippen LogP contribution in [-0.4, -0.2) is 42.9 Å². The molecule has 20 heavy (non-hydrogen) atoms. The fourth-order valence-corrected chi connectivity index (χ4v) is 2.30. The maximum Gasteiger partial charge on any atom is 0.315 e. The highest BCUT2D eigenvalue weighted by atomic mass is 16.5. The van der Waals surface area contributed by atoms with Gasteiger partial charge in [-0.2, -0.15) is 0 Å². The number of urea groups is 1. The molecule has 1 saturated carbocycles. The van der Waals surface area contributed by atoms with Crippen LogP contribution < -0.4 is 10.6 Å². The molecular weight excluding hydrogens is 260 g/mol. The van der Waals surface area contributed by atoms with Gasteiger partial charge >= 0.3 is 12.0 Å². The Labute approximate surface area is 119 Å². The molecule has 0 bridgehead atoms. The van der Waals surface area contributed by atoms with E-state index in [2.05, 4.69) is 17.2 Å². The molecule has 2 unspecified atom stereocenters. The van der Waals surface area contributed by atoms with Crippen molar-refractivity contribution in [2.24, 2.45) is 5.92 Å². The van der Waals surface area contributed by atoms with Gasteiger partial charge in [-0.05, 0) is 19.8 Å². The minimum atomic E-state index is -0.834. The molecule has 6 heteroatoms. The Morgan fingerprint density at radius 3 is 2.70 bits per heavy atom. The number of carbonyl (C=O) groups is 2. The van der Waals surface area contributed by atoms with E-state index in [9.17, 15) is 9.59 Å². The molecule has 0 aromatic carbocycles. The third kappa shape index (κ3) is 6.06. The summed E-state index contributed by atoms with van der Waals surface area (Å²) in [5, 5.41) is 14.5. The van der Waals surface area contributed by atoms with E-state index in [1.54, 1.807) is 0 Å². The van der Waals surface area contributed by atoms with Crippen LogP contribution in [0.1, 0.15) is 32.6 Å². The third-order valence-electron chi connectivity index (χ3n) is 3.28.